The van der Waals surface area contributed by atoms with Crippen LogP contribution in [0, 0.1) is 0 Å². The van der Waals surface area contributed by atoms with Crippen molar-refractivity contribution in [1.29, 1.82) is 0 Å². The molecule has 0 spiro atoms. The molecule has 4 aromatic rings. The third-order valence-electron chi connectivity index (χ3n) is 8.06. The SMILES string of the molecule is Cn1c2c(c3cc(S(=O)(=O)C4CN(c5ccccc5)c5ccccc54)ccc31)C1CCC(C2)N1. The number of nitrogens with zero attached hydrogens (tertiary/aromatic N) is 2. The molecule has 2 bridgehead atoms. The van der Waals surface area contributed by atoms with Gasteiger partial charge in [-0.05, 0) is 60.4 Å². The fourth-order valence-corrected chi connectivity index (χ4v) is 8.16. The summed E-state index contributed by atoms with van der Waals surface area (Å²) < 4.78 is 30.5. The van der Waals surface area contributed by atoms with Crippen LogP contribution in [0.25, 0.3) is 10.9 Å². The molecular weight excluding hydrogens is 442 g/mol. The normalized spacial score (nSPS) is 23.3. The minimum absolute atomic E-state index is 0.330. The van der Waals surface area contributed by atoms with E-state index in [1.807, 2.05) is 72.8 Å². The third kappa shape index (κ3) is 2.79. The minimum Gasteiger partial charge on any atom is -0.347 e. The Kier molecular flexibility index (Phi) is 4.30. The molecule has 6 heteroatoms. The highest BCUT2D eigenvalue weighted by Crippen LogP contribution is 2.46. The number of para-hydroxylation sites is 2. The van der Waals surface area contributed by atoms with E-state index in [-0.39, 0.29) is 0 Å². The van der Waals surface area contributed by atoms with E-state index in [2.05, 4.69) is 21.8 Å². The predicted molar refractivity (Wildman–Crippen MR) is 135 cm³/mol. The Bertz CT molecular complexity index is 1540. The highest BCUT2D eigenvalue weighted by atomic mass is 32.2. The summed E-state index contributed by atoms with van der Waals surface area (Å²) in [5.41, 5.74) is 6.65. The topological polar surface area (TPSA) is 54.3 Å². The van der Waals surface area contributed by atoms with E-state index < -0.39 is 15.1 Å². The van der Waals surface area contributed by atoms with Crippen molar-refractivity contribution in [1.82, 2.24) is 9.88 Å². The number of hydrogen-bond acceptors (Lipinski definition) is 4. The molecule has 0 saturated carbocycles. The molecule has 1 saturated heterocycles. The van der Waals surface area contributed by atoms with E-state index in [1.54, 1.807) is 0 Å². The first-order valence-corrected chi connectivity index (χ1v) is 13.6. The van der Waals surface area contributed by atoms with Gasteiger partial charge in [0.1, 0.15) is 5.25 Å². The monoisotopic (exact) mass is 469 g/mol. The van der Waals surface area contributed by atoms with Crippen LogP contribution in [-0.4, -0.2) is 25.6 Å². The Hall–Kier alpha value is -3.09. The zero-order valence-corrected chi connectivity index (χ0v) is 19.9. The maximum Gasteiger partial charge on any atom is 0.187 e. The smallest absolute Gasteiger partial charge is 0.187 e. The molecule has 7 rings (SSSR count). The van der Waals surface area contributed by atoms with Gasteiger partial charge in [-0.1, -0.05) is 36.4 Å². The van der Waals surface area contributed by atoms with Crippen molar-refractivity contribution in [3.05, 3.63) is 89.6 Å². The largest absolute Gasteiger partial charge is 0.347 e. The van der Waals surface area contributed by atoms with Crippen LogP contribution in [0.4, 0.5) is 11.4 Å². The highest BCUT2D eigenvalue weighted by molar-refractivity contribution is 7.91. The van der Waals surface area contributed by atoms with Crippen LogP contribution < -0.4 is 10.2 Å². The van der Waals surface area contributed by atoms with E-state index in [4.69, 9.17) is 0 Å². The van der Waals surface area contributed by atoms with Crippen molar-refractivity contribution in [2.24, 2.45) is 7.05 Å². The van der Waals surface area contributed by atoms with Crippen LogP contribution in [0.5, 0.6) is 0 Å². The number of hydrogen-bond donors (Lipinski definition) is 1. The van der Waals surface area contributed by atoms with Gasteiger partial charge in [0.05, 0.1) is 4.90 Å². The predicted octanol–water partition coefficient (Wildman–Crippen LogP) is 5.19. The second-order valence-corrected chi connectivity index (χ2v) is 12.0. The van der Waals surface area contributed by atoms with E-state index in [1.165, 1.54) is 17.7 Å². The summed E-state index contributed by atoms with van der Waals surface area (Å²) in [6.45, 7) is 0.419. The van der Waals surface area contributed by atoms with Crippen LogP contribution in [0.15, 0.2) is 77.7 Å². The lowest BCUT2D eigenvalue weighted by molar-refractivity contribution is 0.503. The molecule has 3 aliphatic heterocycles. The second kappa shape index (κ2) is 7.20. The first-order chi connectivity index (χ1) is 16.5. The number of anilines is 2. The Morgan fingerprint density at radius 1 is 0.941 bits per heavy atom. The Balaban J connectivity index is 1.35. The quantitative estimate of drug-likeness (QED) is 0.448. The fourth-order valence-electron chi connectivity index (χ4n) is 6.41. The van der Waals surface area contributed by atoms with Gasteiger partial charge in [-0.25, -0.2) is 8.42 Å². The zero-order chi connectivity index (χ0) is 23.0. The summed E-state index contributed by atoms with van der Waals surface area (Å²) in [5, 5.41) is 4.22. The summed E-state index contributed by atoms with van der Waals surface area (Å²) in [6, 6.07) is 24.6. The van der Waals surface area contributed by atoms with Gasteiger partial charge in [-0.15, -0.1) is 0 Å². The number of benzene rings is 3. The number of aromatic nitrogens is 1. The van der Waals surface area contributed by atoms with E-state index in [0.717, 1.165) is 40.7 Å². The average Bonchev–Trinajstić information content (AvgIpc) is 3.53. The van der Waals surface area contributed by atoms with Gasteiger partial charge in [-0.3, -0.25) is 0 Å². The maximum absolute atomic E-state index is 14.1. The summed E-state index contributed by atoms with van der Waals surface area (Å²) >= 11 is 0. The number of nitrogens with one attached hydrogen (secondary N) is 1. The molecule has 0 amide bonds. The van der Waals surface area contributed by atoms with Crippen LogP contribution in [0.1, 0.15) is 41.0 Å². The van der Waals surface area contributed by atoms with Crippen LogP contribution in [0.3, 0.4) is 0 Å². The molecule has 3 unspecified atom stereocenters. The van der Waals surface area contributed by atoms with Gasteiger partial charge in [0.2, 0.25) is 0 Å². The standard InChI is InChI=1S/C28H27N3O2S/c1-30-24-14-12-20(16-22(24)28-23-13-11-18(29-23)15-26(28)30)34(32,33)27-17-31(19-7-3-2-4-8-19)25-10-6-5-9-21(25)27/h2-10,12,14,16,18,23,27,29H,11,13,15,17H2,1H3. The minimum atomic E-state index is -3.59. The Labute approximate surface area is 199 Å². The second-order valence-electron chi connectivity index (χ2n) is 9.83. The lowest BCUT2D eigenvalue weighted by atomic mass is 9.99. The molecule has 1 fully saturated rings. The Morgan fingerprint density at radius 2 is 1.74 bits per heavy atom. The summed E-state index contributed by atoms with van der Waals surface area (Å²) in [4.78, 5) is 2.55. The van der Waals surface area contributed by atoms with Gasteiger partial charge in [-0.2, -0.15) is 0 Å². The van der Waals surface area contributed by atoms with E-state index in [0.29, 0.717) is 23.5 Å². The van der Waals surface area contributed by atoms with Crippen molar-refractivity contribution in [2.75, 3.05) is 11.4 Å². The summed E-state index contributed by atoms with van der Waals surface area (Å²) in [5.74, 6) is 0. The van der Waals surface area contributed by atoms with Crippen molar-refractivity contribution < 1.29 is 8.42 Å². The maximum atomic E-state index is 14.1. The summed E-state index contributed by atoms with van der Waals surface area (Å²) in [7, 11) is -1.47. The van der Waals surface area contributed by atoms with E-state index in [9.17, 15) is 8.42 Å². The van der Waals surface area contributed by atoms with Crippen molar-refractivity contribution in [2.45, 2.75) is 41.5 Å². The van der Waals surface area contributed by atoms with Gasteiger partial charge < -0.3 is 14.8 Å². The lowest BCUT2D eigenvalue weighted by Crippen LogP contribution is -2.32. The van der Waals surface area contributed by atoms with Gasteiger partial charge in [0.25, 0.3) is 0 Å². The van der Waals surface area contributed by atoms with Crippen LogP contribution >= 0.6 is 0 Å². The molecule has 3 aromatic carbocycles. The molecule has 1 N–H and O–H groups in total. The molecule has 5 nitrogen and oxygen atoms in total. The molecular formula is C28H27N3O2S. The molecule has 3 atom stereocenters. The number of rotatable bonds is 3. The van der Waals surface area contributed by atoms with Gasteiger partial charge in [0, 0.05) is 60.1 Å². The molecule has 0 radical (unpaired) electrons. The lowest BCUT2D eigenvalue weighted by Gasteiger charge is -2.23. The van der Waals surface area contributed by atoms with Gasteiger partial charge >= 0.3 is 0 Å². The molecule has 3 aliphatic rings. The number of aryl methyl sites for hydroxylation is 1. The third-order valence-corrected chi connectivity index (χ3v) is 10.1. The number of sulfone groups is 1. The Morgan fingerprint density at radius 3 is 2.59 bits per heavy atom. The van der Waals surface area contributed by atoms with Crippen molar-refractivity contribution >= 4 is 32.1 Å². The van der Waals surface area contributed by atoms with E-state index >= 15 is 0 Å². The zero-order valence-electron chi connectivity index (χ0n) is 19.1. The molecule has 172 valence electrons. The molecule has 1 aromatic heterocycles. The first kappa shape index (κ1) is 20.3. The highest BCUT2D eigenvalue weighted by Gasteiger charge is 2.40. The van der Waals surface area contributed by atoms with Crippen molar-refractivity contribution in [3.8, 4) is 0 Å². The summed E-state index contributed by atoms with van der Waals surface area (Å²) in [6.07, 6.45) is 3.32. The van der Waals surface area contributed by atoms with Crippen LogP contribution in [0.2, 0.25) is 0 Å². The molecule has 34 heavy (non-hydrogen) atoms. The molecule has 4 heterocycles. The number of fused-ring (bicyclic) bond motifs is 7. The average molecular weight is 470 g/mol. The first-order valence-electron chi connectivity index (χ1n) is 12.0. The fraction of sp³-hybridized carbons (Fsp3) is 0.286. The van der Waals surface area contributed by atoms with Crippen LogP contribution in [-0.2, 0) is 23.3 Å². The molecule has 0 aliphatic carbocycles. The van der Waals surface area contributed by atoms with Gasteiger partial charge in [0.15, 0.2) is 9.84 Å². The van der Waals surface area contributed by atoms with Crippen molar-refractivity contribution in [3.63, 3.8) is 0 Å².